The normalized spacial score (nSPS) is 11.4. The highest BCUT2D eigenvalue weighted by Crippen LogP contribution is 2.35. The van der Waals surface area contributed by atoms with E-state index >= 15 is 0 Å². The fraction of sp³-hybridized carbons (Fsp3) is 0.0800. The van der Waals surface area contributed by atoms with Gasteiger partial charge in [0.25, 0.3) is 0 Å². The predicted molar refractivity (Wildman–Crippen MR) is 121 cm³/mol. The van der Waals surface area contributed by atoms with Gasteiger partial charge in [-0.15, -0.1) is 0 Å². The number of amides is 1. The first-order valence-electron chi connectivity index (χ1n) is 9.66. The Labute approximate surface area is 178 Å². The zero-order chi connectivity index (χ0) is 20.8. The van der Waals surface area contributed by atoms with Crippen molar-refractivity contribution >= 4 is 39.3 Å². The Morgan fingerprint density at radius 1 is 1.03 bits per heavy atom. The van der Waals surface area contributed by atoms with Gasteiger partial charge in [0, 0.05) is 33.5 Å². The van der Waals surface area contributed by atoms with Crippen molar-refractivity contribution in [1.82, 2.24) is 4.57 Å². The SMILES string of the molecule is Cc1ccc(Cn2c3cc(-c4ccco4)ccc3c3c(C(N)=O)cccc32)cc1Cl. The topological polar surface area (TPSA) is 61.2 Å². The van der Waals surface area contributed by atoms with Crippen molar-refractivity contribution in [3.05, 3.63) is 94.7 Å². The first kappa shape index (κ1) is 18.5. The molecule has 1 amide bonds. The fourth-order valence-corrected chi connectivity index (χ4v) is 4.24. The van der Waals surface area contributed by atoms with Crippen LogP contribution in [-0.2, 0) is 6.54 Å². The molecule has 5 heteroatoms. The van der Waals surface area contributed by atoms with Crippen molar-refractivity contribution < 1.29 is 9.21 Å². The van der Waals surface area contributed by atoms with E-state index in [-0.39, 0.29) is 0 Å². The summed E-state index contributed by atoms with van der Waals surface area (Å²) >= 11 is 6.37. The molecule has 5 rings (SSSR count). The molecule has 0 bridgehead atoms. The molecule has 4 nitrogen and oxygen atoms in total. The smallest absolute Gasteiger partial charge is 0.249 e. The Balaban J connectivity index is 1.80. The summed E-state index contributed by atoms with van der Waals surface area (Å²) in [7, 11) is 0. The van der Waals surface area contributed by atoms with Crippen LogP contribution in [0.2, 0.25) is 5.02 Å². The maximum atomic E-state index is 12.1. The molecule has 0 spiro atoms. The van der Waals surface area contributed by atoms with E-state index in [1.54, 1.807) is 12.3 Å². The van der Waals surface area contributed by atoms with Crippen LogP contribution in [0.3, 0.4) is 0 Å². The summed E-state index contributed by atoms with van der Waals surface area (Å²) in [6, 6.07) is 21.7. The third kappa shape index (κ3) is 2.97. The van der Waals surface area contributed by atoms with E-state index in [2.05, 4.69) is 16.7 Å². The van der Waals surface area contributed by atoms with Gasteiger partial charge in [0.2, 0.25) is 5.91 Å². The molecule has 3 aromatic carbocycles. The van der Waals surface area contributed by atoms with Crippen LogP contribution < -0.4 is 5.73 Å². The van der Waals surface area contributed by atoms with E-state index in [9.17, 15) is 4.79 Å². The first-order chi connectivity index (χ1) is 14.5. The van der Waals surface area contributed by atoms with Gasteiger partial charge in [-0.05, 0) is 54.4 Å². The Hall–Kier alpha value is -3.50. The van der Waals surface area contributed by atoms with Crippen LogP contribution in [-0.4, -0.2) is 10.5 Å². The summed E-state index contributed by atoms with van der Waals surface area (Å²) in [6.45, 7) is 2.60. The Bertz CT molecular complexity index is 1410. The monoisotopic (exact) mass is 414 g/mol. The van der Waals surface area contributed by atoms with Gasteiger partial charge in [0.1, 0.15) is 5.76 Å². The second kappa shape index (κ2) is 7.08. The van der Waals surface area contributed by atoms with E-state index < -0.39 is 5.91 Å². The highest BCUT2D eigenvalue weighted by molar-refractivity contribution is 6.31. The second-order valence-corrected chi connectivity index (χ2v) is 7.85. The minimum Gasteiger partial charge on any atom is -0.464 e. The molecule has 0 aliphatic rings. The van der Waals surface area contributed by atoms with Crippen molar-refractivity contribution in [1.29, 1.82) is 0 Å². The van der Waals surface area contributed by atoms with E-state index in [0.717, 1.165) is 49.3 Å². The molecular formula is C25H19ClN2O2. The van der Waals surface area contributed by atoms with Crippen molar-refractivity contribution in [2.45, 2.75) is 13.5 Å². The number of nitrogens with zero attached hydrogens (tertiary/aromatic N) is 1. The lowest BCUT2D eigenvalue weighted by Gasteiger charge is -2.10. The van der Waals surface area contributed by atoms with Crippen LogP contribution >= 0.6 is 11.6 Å². The minimum atomic E-state index is -0.437. The maximum Gasteiger partial charge on any atom is 0.249 e. The molecule has 0 fully saturated rings. The molecule has 0 atom stereocenters. The number of rotatable bonds is 4. The van der Waals surface area contributed by atoms with E-state index in [1.807, 2.05) is 55.5 Å². The Morgan fingerprint density at radius 2 is 1.90 bits per heavy atom. The molecule has 5 aromatic rings. The molecule has 0 saturated heterocycles. The number of halogens is 1. The summed E-state index contributed by atoms with van der Waals surface area (Å²) < 4.78 is 7.79. The molecule has 0 aliphatic heterocycles. The number of nitrogens with two attached hydrogens (primary N) is 1. The molecule has 2 aromatic heterocycles. The van der Waals surface area contributed by atoms with E-state index in [4.69, 9.17) is 21.8 Å². The highest BCUT2D eigenvalue weighted by atomic mass is 35.5. The lowest BCUT2D eigenvalue weighted by Crippen LogP contribution is -2.11. The zero-order valence-electron chi connectivity index (χ0n) is 16.4. The molecule has 2 heterocycles. The summed E-state index contributed by atoms with van der Waals surface area (Å²) in [5.74, 6) is 0.357. The number of fused-ring (bicyclic) bond motifs is 3. The number of carbonyl (C=O) groups is 1. The van der Waals surface area contributed by atoms with Crippen molar-refractivity contribution in [2.24, 2.45) is 5.73 Å². The Kier molecular flexibility index (Phi) is 4.37. The van der Waals surface area contributed by atoms with E-state index in [1.165, 1.54) is 0 Å². The third-order valence-electron chi connectivity index (χ3n) is 5.54. The van der Waals surface area contributed by atoms with Gasteiger partial charge in [0.15, 0.2) is 0 Å². The van der Waals surface area contributed by atoms with Gasteiger partial charge in [-0.3, -0.25) is 4.79 Å². The van der Waals surface area contributed by atoms with Crippen LogP contribution in [0.5, 0.6) is 0 Å². The largest absolute Gasteiger partial charge is 0.464 e. The van der Waals surface area contributed by atoms with Gasteiger partial charge >= 0.3 is 0 Å². The van der Waals surface area contributed by atoms with E-state index in [0.29, 0.717) is 12.1 Å². The third-order valence-corrected chi connectivity index (χ3v) is 5.95. The molecular weight excluding hydrogens is 396 g/mol. The standard InChI is InChI=1S/C25H19ClN2O2/c1-15-7-8-16(12-20(15)26)14-28-21-5-2-4-19(25(27)29)24(21)18-10-9-17(13-22(18)28)23-6-3-11-30-23/h2-13H,14H2,1H3,(H2,27,29). The summed E-state index contributed by atoms with van der Waals surface area (Å²) in [6.07, 6.45) is 1.66. The lowest BCUT2D eigenvalue weighted by molar-refractivity contribution is 0.100. The summed E-state index contributed by atoms with van der Waals surface area (Å²) in [5, 5.41) is 2.58. The van der Waals surface area contributed by atoms with Crippen LogP contribution in [0, 0.1) is 6.92 Å². The Morgan fingerprint density at radius 3 is 2.63 bits per heavy atom. The van der Waals surface area contributed by atoms with Crippen LogP contribution in [0.4, 0.5) is 0 Å². The lowest BCUT2D eigenvalue weighted by atomic mass is 10.0. The molecule has 0 aliphatic carbocycles. The van der Waals surface area contributed by atoms with Gasteiger partial charge in [-0.1, -0.05) is 41.9 Å². The van der Waals surface area contributed by atoms with Crippen molar-refractivity contribution in [3.63, 3.8) is 0 Å². The maximum absolute atomic E-state index is 12.1. The number of aryl methyl sites for hydroxylation is 1. The van der Waals surface area contributed by atoms with Gasteiger partial charge in [-0.25, -0.2) is 0 Å². The number of primary amides is 1. The van der Waals surface area contributed by atoms with Crippen LogP contribution in [0.15, 0.2) is 77.4 Å². The van der Waals surface area contributed by atoms with Gasteiger partial charge in [0.05, 0.1) is 17.3 Å². The number of hydrogen-bond acceptors (Lipinski definition) is 2. The second-order valence-electron chi connectivity index (χ2n) is 7.44. The average molecular weight is 415 g/mol. The fourth-order valence-electron chi connectivity index (χ4n) is 4.03. The molecule has 148 valence electrons. The summed E-state index contributed by atoms with van der Waals surface area (Å²) in [5.41, 5.74) is 11.3. The first-order valence-corrected chi connectivity index (χ1v) is 10.0. The van der Waals surface area contributed by atoms with Crippen LogP contribution in [0.1, 0.15) is 21.5 Å². The van der Waals surface area contributed by atoms with Crippen molar-refractivity contribution in [3.8, 4) is 11.3 Å². The summed E-state index contributed by atoms with van der Waals surface area (Å²) in [4.78, 5) is 12.1. The number of aromatic nitrogens is 1. The predicted octanol–water partition coefficient (Wildman–Crippen LogP) is 6.16. The van der Waals surface area contributed by atoms with Crippen molar-refractivity contribution in [2.75, 3.05) is 0 Å². The quantitative estimate of drug-likeness (QED) is 0.382. The van der Waals surface area contributed by atoms with Gasteiger partial charge in [-0.2, -0.15) is 0 Å². The minimum absolute atomic E-state index is 0.437. The number of hydrogen-bond donors (Lipinski definition) is 1. The molecule has 30 heavy (non-hydrogen) atoms. The number of carbonyl (C=O) groups excluding carboxylic acids is 1. The molecule has 0 unspecified atom stereocenters. The van der Waals surface area contributed by atoms with Gasteiger partial charge < -0.3 is 14.7 Å². The number of benzene rings is 3. The highest BCUT2D eigenvalue weighted by Gasteiger charge is 2.17. The zero-order valence-corrected chi connectivity index (χ0v) is 17.1. The number of furan rings is 1. The molecule has 0 radical (unpaired) electrons. The molecule has 2 N–H and O–H groups in total. The molecule has 0 saturated carbocycles. The average Bonchev–Trinajstić information content (AvgIpc) is 3.38. The van der Waals surface area contributed by atoms with Crippen LogP contribution in [0.25, 0.3) is 33.1 Å².